The maximum atomic E-state index is 10.1. The van der Waals surface area contributed by atoms with E-state index >= 15 is 0 Å². The SMILES string of the molecule is Cc1cc(C(O)CCc2ccsc2)ccc1Cl. The molecule has 3 heteroatoms. The minimum Gasteiger partial charge on any atom is -0.388 e. The molecule has 0 spiro atoms. The van der Waals surface area contributed by atoms with Gasteiger partial charge in [-0.25, -0.2) is 0 Å². The summed E-state index contributed by atoms with van der Waals surface area (Å²) in [5, 5.41) is 15.0. The zero-order chi connectivity index (χ0) is 12.3. The van der Waals surface area contributed by atoms with Crippen molar-refractivity contribution in [2.45, 2.75) is 25.9 Å². The molecule has 1 aromatic carbocycles. The third-order valence-corrected chi connectivity index (χ3v) is 4.01. The average Bonchev–Trinajstić information content (AvgIpc) is 2.82. The fraction of sp³-hybridized carbons (Fsp3) is 0.286. The van der Waals surface area contributed by atoms with Gasteiger partial charge in [-0.05, 0) is 59.3 Å². The van der Waals surface area contributed by atoms with Gasteiger partial charge in [0.25, 0.3) is 0 Å². The number of hydrogen-bond donors (Lipinski definition) is 1. The van der Waals surface area contributed by atoms with Crippen molar-refractivity contribution in [3.05, 3.63) is 56.7 Å². The first-order chi connectivity index (χ1) is 8.16. The summed E-state index contributed by atoms with van der Waals surface area (Å²) in [7, 11) is 0. The summed E-state index contributed by atoms with van der Waals surface area (Å²) < 4.78 is 0. The Labute approximate surface area is 111 Å². The minimum atomic E-state index is -0.411. The summed E-state index contributed by atoms with van der Waals surface area (Å²) in [5.41, 5.74) is 3.25. The van der Waals surface area contributed by atoms with E-state index in [1.54, 1.807) is 11.3 Å². The molecule has 0 saturated carbocycles. The quantitative estimate of drug-likeness (QED) is 0.871. The summed E-state index contributed by atoms with van der Waals surface area (Å²) >= 11 is 7.66. The summed E-state index contributed by atoms with van der Waals surface area (Å²) in [4.78, 5) is 0. The van der Waals surface area contributed by atoms with Crippen LogP contribution >= 0.6 is 22.9 Å². The molecule has 90 valence electrons. The van der Waals surface area contributed by atoms with Crippen molar-refractivity contribution < 1.29 is 5.11 Å². The van der Waals surface area contributed by atoms with E-state index in [0.717, 1.165) is 29.0 Å². The second-order valence-electron chi connectivity index (χ2n) is 4.19. The maximum Gasteiger partial charge on any atom is 0.0793 e. The molecule has 0 saturated heterocycles. The van der Waals surface area contributed by atoms with Gasteiger partial charge in [0.05, 0.1) is 6.10 Å². The smallest absolute Gasteiger partial charge is 0.0793 e. The van der Waals surface area contributed by atoms with E-state index in [0.29, 0.717) is 0 Å². The Balaban J connectivity index is 1.99. The van der Waals surface area contributed by atoms with Gasteiger partial charge in [0.1, 0.15) is 0 Å². The van der Waals surface area contributed by atoms with Gasteiger partial charge in [0.2, 0.25) is 0 Å². The molecule has 0 bridgehead atoms. The van der Waals surface area contributed by atoms with E-state index in [1.165, 1.54) is 5.56 Å². The van der Waals surface area contributed by atoms with Crippen molar-refractivity contribution >= 4 is 22.9 Å². The van der Waals surface area contributed by atoms with Crippen LogP contribution in [-0.4, -0.2) is 5.11 Å². The van der Waals surface area contributed by atoms with Crippen LogP contribution in [0.2, 0.25) is 5.02 Å². The molecule has 1 atom stereocenters. The Kier molecular flexibility index (Phi) is 4.21. The number of aliphatic hydroxyl groups excluding tert-OH is 1. The Morgan fingerprint density at radius 2 is 2.18 bits per heavy atom. The van der Waals surface area contributed by atoms with Crippen LogP contribution in [0, 0.1) is 6.92 Å². The second-order valence-corrected chi connectivity index (χ2v) is 5.38. The van der Waals surface area contributed by atoms with Crippen LogP contribution in [-0.2, 0) is 6.42 Å². The Hall–Kier alpha value is -0.830. The molecule has 0 radical (unpaired) electrons. The zero-order valence-electron chi connectivity index (χ0n) is 9.69. The van der Waals surface area contributed by atoms with Crippen molar-refractivity contribution in [1.29, 1.82) is 0 Å². The van der Waals surface area contributed by atoms with Crippen molar-refractivity contribution in [1.82, 2.24) is 0 Å². The fourth-order valence-electron chi connectivity index (χ4n) is 1.78. The molecule has 2 aromatic rings. The van der Waals surface area contributed by atoms with E-state index in [4.69, 9.17) is 11.6 Å². The molecule has 1 nitrogen and oxygen atoms in total. The number of rotatable bonds is 4. The third-order valence-electron chi connectivity index (χ3n) is 2.85. The van der Waals surface area contributed by atoms with E-state index in [1.807, 2.05) is 25.1 Å². The maximum absolute atomic E-state index is 10.1. The highest BCUT2D eigenvalue weighted by Crippen LogP contribution is 2.24. The number of halogens is 1. The van der Waals surface area contributed by atoms with E-state index in [9.17, 15) is 5.11 Å². The molecule has 1 N–H and O–H groups in total. The Bertz CT molecular complexity index is 479. The average molecular weight is 267 g/mol. The number of aliphatic hydroxyl groups is 1. The van der Waals surface area contributed by atoms with Gasteiger partial charge in [0, 0.05) is 5.02 Å². The van der Waals surface area contributed by atoms with Gasteiger partial charge < -0.3 is 5.11 Å². The number of benzene rings is 1. The van der Waals surface area contributed by atoms with Crippen molar-refractivity contribution in [3.63, 3.8) is 0 Å². The number of hydrogen-bond acceptors (Lipinski definition) is 2. The molecule has 0 fully saturated rings. The molecule has 0 aliphatic heterocycles. The van der Waals surface area contributed by atoms with E-state index < -0.39 is 6.10 Å². The minimum absolute atomic E-state index is 0.411. The predicted molar refractivity (Wildman–Crippen MR) is 73.8 cm³/mol. The Morgan fingerprint density at radius 3 is 2.82 bits per heavy atom. The zero-order valence-corrected chi connectivity index (χ0v) is 11.3. The van der Waals surface area contributed by atoms with Gasteiger partial charge >= 0.3 is 0 Å². The molecular weight excluding hydrogens is 252 g/mol. The Morgan fingerprint density at radius 1 is 1.35 bits per heavy atom. The van der Waals surface area contributed by atoms with Crippen molar-refractivity contribution in [2.24, 2.45) is 0 Å². The fourth-order valence-corrected chi connectivity index (χ4v) is 2.60. The monoisotopic (exact) mass is 266 g/mol. The van der Waals surface area contributed by atoms with Crippen molar-refractivity contribution in [2.75, 3.05) is 0 Å². The van der Waals surface area contributed by atoms with Crippen molar-refractivity contribution in [3.8, 4) is 0 Å². The molecule has 1 heterocycles. The summed E-state index contributed by atoms with van der Waals surface area (Å²) in [5.74, 6) is 0. The number of thiophene rings is 1. The lowest BCUT2D eigenvalue weighted by molar-refractivity contribution is 0.168. The van der Waals surface area contributed by atoms with Crippen LogP contribution in [0.15, 0.2) is 35.0 Å². The molecule has 0 aliphatic rings. The highest BCUT2D eigenvalue weighted by atomic mass is 35.5. The van der Waals surface area contributed by atoms with Crippen LogP contribution < -0.4 is 0 Å². The van der Waals surface area contributed by atoms with E-state index in [-0.39, 0.29) is 0 Å². The van der Waals surface area contributed by atoms with Crippen LogP contribution in [0.25, 0.3) is 0 Å². The van der Waals surface area contributed by atoms with E-state index in [2.05, 4.69) is 16.8 Å². The predicted octanol–water partition coefficient (Wildman–Crippen LogP) is 4.38. The third kappa shape index (κ3) is 3.32. The standard InChI is InChI=1S/C14H15ClOS/c1-10-8-12(3-4-13(10)15)14(16)5-2-11-6-7-17-9-11/h3-4,6-9,14,16H,2,5H2,1H3. The molecule has 0 aliphatic carbocycles. The lowest BCUT2D eigenvalue weighted by atomic mass is 10.0. The molecule has 0 amide bonds. The molecule has 1 aromatic heterocycles. The van der Waals surface area contributed by atoms with Crippen LogP contribution in [0.5, 0.6) is 0 Å². The topological polar surface area (TPSA) is 20.2 Å². The highest BCUT2D eigenvalue weighted by Gasteiger charge is 2.09. The van der Waals surface area contributed by atoms with Gasteiger partial charge in [0.15, 0.2) is 0 Å². The lowest BCUT2D eigenvalue weighted by Crippen LogP contribution is -1.99. The molecule has 17 heavy (non-hydrogen) atoms. The molecular formula is C14H15ClOS. The molecule has 1 unspecified atom stereocenters. The summed E-state index contributed by atoms with van der Waals surface area (Å²) in [6.07, 6.45) is 1.25. The first kappa shape index (κ1) is 12.6. The summed E-state index contributed by atoms with van der Waals surface area (Å²) in [6, 6.07) is 7.80. The normalized spacial score (nSPS) is 12.6. The van der Waals surface area contributed by atoms with Crippen LogP contribution in [0.1, 0.15) is 29.2 Å². The summed E-state index contributed by atoms with van der Waals surface area (Å²) in [6.45, 7) is 1.96. The van der Waals surface area contributed by atoms with Gasteiger partial charge in [-0.2, -0.15) is 11.3 Å². The largest absolute Gasteiger partial charge is 0.388 e. The highest BCUT2D eigenvalue weighted by molar-refractivity contribution is 7.07. The van der Waals surface area contributed by atoms with Crippen LogP contribution in [0.3, 0.4) is 0 Å². The lowest BCUT2D eigenvalue weighted by Gasteiger charge is -2.11. The van der Waals surface area contributed by atoms with Crippen LogP contribution in [0.4, 0.5) is 0 Å². The first-order valence-corrected chi connectivity index (χ1v) is 6.94. The molecule has 2 rings (SSSR count). The second kappa shape index (κ2) is 5.67. The number of aryl methyl sites for hydroxylation is 2. The van der Waals surface area contributed by atoms with Gasteiger partial charge in [-0.3, -0.25) is 0 Å². The first-order valence-electron chi connectivity index (χ1n) is 5.62. The van der Waals surface area contributed by atoms with Gasteiger partial charge in [-0.15, -0.1) is 0 Å². The van der Waals surface area contributed by atoms with Gasteiger partial charge in [-0.1, -0.05) is 23.7 Å².